The maximum absolute atomic E-state index is 11.6. The molecule has 4 unspecified atom stereocenters. The molecule has 0 spiro atoms. The Morgan fingerprint density at radius 2 is 1.11 bits per heavy atom. The van der Waals surface area contributed by atoms with Crippen molar-refractivity contribution in [2.75, 3.05) is 26.4 Å². The smallest absolute Gasteiger partial charge is 0.309 e. The lowest BCUT2D eigenvalue weighted by molar-refractivity contribution is -0.176. The molecule has 0 amide bonds. The molecule has 200 valence electrons. The Kier molecular flexibility index (Phi) is 11.3. The minimum Gasteiger partial charge on any atom is -0.481 e. The van der Waals surface area contributed by atoms with Crippen LogP contribution in [0.25, 0.3) is 0 Å². The fourth-order valence-corrected chi connectivity index (χ4v) is 4.52. The number of carbonyl (C=O) groups is 4. The number of carboxylic acids is 2. The van der Waals surface area contributed by atoms with E-state index in [0.29, 0.717) is 58.5 Å². The lowest BCUT2D eigenvalue weighted by Crippen LogP contribution is -2.44. The fourth-order valence-electron chi connectivity index (χ4n) is 4.52. The summed E-state index contributed by atoms with van der Waals surface area (Å²) in [7, 11) is 0. The molecule has 0 saturated carbocycles. The lowest BCUT2D eigenvalue weighted by Gasteiger charge is -2.35. The number of hydrogen-bond acceptors (Lipinski definition) is 10. The molecule has 0 aromatic heterocycles. The standard InChI is InChI=1S/C23H36O12/c24-18(25)12-22(30)10-16(34-20(28)14-22)4-1-6-32-8-3-9-33-7-2-5-17-11-23(31,13-19(26)27)15-21(29)35-17/h16-17,30-31H,1-15H2,(H,24,25)(H,26,27). The Bertz CT molecular complexity index is 672. The van der Waals surface area contributed by atoms with Gasteiger partial charge in [0.15, 0.2) is 0 Å². The van der Waals surface area contributed by atoms with Gasteiger partial charge < -0.3 is 39.4 Å². The van der Waals surface area contributed by atoms with Gasteiger partial charge in [-0.25, -0.2) is 0 Å². The summed E-state index contributed by atoms with van der Waals surface area (Å²) >= 11 is 0. The second-order valence-corrected chi connectivity index (χ2v) is 9.44. The molecular weight excluding hydrogens is 468 g/mol. The third kappa shape index (κ3) is 11.3. The van der Waals surface area contributed by atoms with Crippen molar-refractivity contribution >= 4 is 23.9 Å². The van der Waals surface area contributed by atoms with Crippen molar-refractivity contribution in [3.63, 3.8) is 0 Å². The molecule has 0 aliphatic carbocycles. The van der Waals surface area contributed by atoms with E-state index in [4.69, 9.17) is 29.2 Å². The van der Waals surface area contributed by atoms with E-state index in [2.05, 4.69) is 0 Å². The van der Waals surface area contributed by atoms with Gasteiger partial charge in [0, 0.05) is 39.3 Å². The first-order valence-electron chi connectivity index (χ1n) is 11.9. The largest absolute Gasteiger partial charge is 0.481 e. The Morgan fingerprint density at radius 3 is 1.49 bits per heavy atom. The van der Waals surface area contributed by atoms with Gasteiger partial charge in [0.05, 0.1) is 36.9 Å². The number of rotatable bonds is 16. The zero-order chi connectivity index (χ0) is 25.9. The number of carboxylic acid groups (broad SMARTS) is 2. The molecule has 2 saturated heterocycles. The predicted octanol–water partition coefficient (Wildman–Crippen LogP) is 0.793. The van der Waals surface area contributed by atoms with E-state index in [1.54, 1.807) is 0 Å². The molecule has 2 rings (SSSR count). The maximum Gasteiger partial charge on any atom is 0.309 e. The van der Waals surface area contributed by atoms with E-state index in [0.717, 1.165) is 0 Å². The summed E-state index contributed by atoms with van der Waals surface area (Å²) in [6.45, 7) is 1.79. The monoisotopic (exact) mass is 504 g/mol. The summed E-state index contributed by atoms with van der Waals surface area (Å²) in [5.74, 6) is -3.51. The zero-order valence-corrected chi connectivity index (χ0v) is 19.8. The normalized spacial score (nSPS) is 28.9. The van der Waals surface area contributed by atoms with Crippen molar-refractivity contribution in [2.24, 2.45) is 0 Å². The summed E-state index contributed by atoms with van der Waals surface area (Å²) < 4.78 is 21.4. The van der Waals surface area contributed by atoms with E-state index in [1.165, 1.54) is 0 Å². The average Bonchev–Trinajstić information content (AvgIpc) is 2.68. The highest BCUT2D eigenvalue weighted by Crippen LogP contribution is 2.31. The molecule has 4 N–H and O–H groups in total. The predicted molar refractivity (Wildman–Crippen MR) is 117 cm³/mol. The third-order valence-corrected chi connectivity index (χ3v) is 5.93. The quantitative estimate of drug-likeness (QED) is 0.171. The van der Waals surface area contributed by atoms with E-state index < -0.39 is 60.1 Å². The molecule has 2 aliphatic rings. The van der Waals surface area contributed by atoms with Crippen molar-refractivity contribution in [3.05, 3.63) is 0 Å². The first-order chi connectivity index (χ1) is 16.5. The second kappa shape index (κ2) is 13.7. The minimum absolute atomic E-state index is 0.0950. The number of aliphatic hydroxyl groups is 2. The van der Waals surface area contributed by atoms with Crippen LogP contribution in [0.3, 0.4) is 0 Å². The highest BCUT2D eigenvalue weighted by Gasteiger charge is 2.42. The van der Waals surface area contributed by atoms with Crippen LogP contribution < -0.4 is 0 Å². The number of cyclic esters (lactones) is 2. The van der Waals surface area contributed by atoms with E-state index >= 15 is 0 Å². The van der Waals surface area contributed by atoms with Gasteiger partial charge in [-0.1, -0.05) is 0 Å². The molecule has 12 nitrogen and oxygen atoms in total. The van der Waals surface area contributed by atoms with Crippen LogP contribution >= 0.6 is 0 Å². The number of carbonyl (C=O) groups excluding carboxylic acids is 2. The number of ether oxygens (including phenoxy) is 4. The SMILES string of the molecule is O=C(O)CC1(O)CC(=O)OC(CCCOCCCOCCCC2CC(O)(CC(=O)O)CC(=O)O2)C1. The molecule has 4 atom stereocenters. The van der Waals surface area contributed by atoms with Gasteiger partial charge in [-0.2, -0.15) is 0 Å². The van der Waals surface area contributed by atoms with E-state index in [1.807, 2.05) is 0 Å². The van der Waals surface area contributed by atoms with Crippen LogP contribution in [0.4, 0.5) is 0 Å². The van der Waals surface area contributed by atoms with Crippen LogP contribution in [0.1, 0.15) is 70.6 Å². The van der Waals surface area contributed by atoms with Gasteiger partial charge in [-0.15, -0.1) is 0 Å². The molecule has 0 radical (unpaired) electrons. The van der Waals surface area contributed by atoms with Crippen LogP contribution in [0.2, 0.25) is 0 Å². The van der Waals surface area contributed by atoms with Crippen LogP contribution in [0, 0.1) is 0 Å². The lowest BCUT2D eigenvalue weighted by atomic mass is 9.86. The van der Waals surface area contributed by atoms with Crippen LogP contribution in [0.5, 0.6) is 0 Å². The highest BCUT2D eigenvalue weighted by atomic mass is 16.6. The van der Waals surface area contributed by atoms with Gasteiger partial charge in [-0.3, -0.25) is 19.2 Å². The van der Waals surface area contributed by atoms with Gasteiger partial charge in [-0.05, 0) is 32.1 Å². The second-order valence-electron chi connectivity index (χ2n) is 9.44. The number of hydrogen-bond donors (Lipinski definition) is 4. The molecule has 2 fully saturated rings. The Labute approximate surface area is 203 Å². The van der Waals surface area contributed by atoms with Crippen molar-refractivity contribution in [3.8, 4) is 0 Å². The Balaban J connectivity index is 1.48. The fraction of sp³-hybridized carbons (Fsp3) is 0.826. The van der Waals surface area contributed by atoms with E-state index in [-0.39, 0.29) is 25.7 Å². The molecule has 12 heteroatoms. The van der Waals surface area contributed by atoms with Crippen molar-refractivity contribution in [2.45, 2.75) is 94.0 Å². The summed E-state index contributed by atoms with van der Waals surface area (Å²) in [5, 5.41) is 38.4. The highest BCUT2D eigenvalue weighted by molar-refractivity contribution is 5.75. The van der Waals surface area contributed by atoms with Crippen LogP contribution in [-0.4, -0.2) is 94.1 Å². The first-order valence-corrected chi connectivity index (χ1v) is 11.9. The van der Waals surface area contributed by atoms with Crippen molar-refractivity contribution < 1.29 is 58.6 Å². The molecule has 35 heavy (non-hydrogen) atoms. The molecule has 0 aromatic rings. The molecule has 2 aliphatic heterocycles. The number of esters is 2. The molecule has 0 aromatic carbocycles. The van der Waals surface area contributed by atoms with Gasteiger partial charge in [0.2, 0.25) is 0 Å². The molecular formula is C23H36O12. The van der Waals surface area contributed by atoms with E-state index in [9.17, 15) is 29.4 Å². The Morgan fingerprint density at radius 1 is 0.743 bits per heavy atom. The third-order valence-electron chi connectivity index (χ3n) is 5.93. The van der Waals surface area contributed by atoms with Gasteiger partial charge >= 0.3 is 23.9 Å². The van der Waals surface area contributed by atoms with Gasteiger partial charge in [0.25, 0.3) is 0 Å². The summed E-state index contributed by atoms with van der Waals surface area (Å²) in [6, 6.07) is 0. The van der Waals surface area contributed by atoms with Gasteiger partial charge in [0.1, 0.15) is 12.2 Å². The topological polar surface area (TPSA) is 186 Å². The maximum atomic E-state index is 11.6. The summed E-state index contributed by atoms with van der Waals surface area (Å²) in [5.41, 5.74) is -3.13. The average molecular weight is 505 g/mol. The Hall–Kier alpha value is -2.28. The zero-order valence-electron chi connectivity index (χ0n) is 19.8. The number of aliphatic carboxylic acids is 2. The minimum atomic E-state index is -1.57. The summed E-state index contributed by atoms with van der Waals surface area (Å²) in [4.78, 5) is 45.1. The summed E-state index contributed by atoms with van der Waals surface area (Å²) in [6.07, 6.45) is 0.301. The molecule has 0 bridgehead atoms. The van der Waals surface area contributed by atoms with Crippen molar-refractivity contribution in [1.29, 1.82) is 0 Å². The van der Waals surface area contributed by atoms with Crippen LogP contribution in [-0.2, 0) is 38.1 Å². The molecule has 2 heterocycles. The first kappa shape index (κ1) is 29.0. The van der Waals surface area contributed by atoms with Crippen molar-refractivity contribution in [1.82, 2.24) is 0 Å². The van der Waals surface area contributed by atoms with Crippen LogP contribution in [0.15, 0.2) is 0 Å².